The van der Waals surface area contributed by atoms with E-state index in [4.69, 9.17) is 4.74 Å². The van der Waals surface area contributed by atoms with Crippen molar-refractivity contribution in [3.05, 3.63) is 29.8 Å². The Morgan fingerprint density at radius 3 is 2.67 bits per heavy atom. The number of rotatable bonds is 5. The van der Waals surface area contributed by atoms with Crippen LogP contribution in [-0.2, 0) is 11.3 Å². The largest absolute Gasteiger partial charge is 0.435 e. The van der Waals surface area contributed by atoms with Crippen LogP contribution in [0.1, 0.15) is 50.5 Å². The third-order valence-corrected chi connectivity index (χ3v) is 5.50. The minimum Gasteiger partial charge on any atom is -0.435 e. The summed E-state index contributed by atoms with van der Waals surface area (Å²) in [6.07, 6.45) is 7.56. The molecule has 1 aliphatic carbocycles. The van der Waals surface area contributed by atoms with Gasteiger partial charge < -0.3 is 19.7 Å². The molecule has 7 heteroatoms. The number of amides is 2. The molecule has 1 saturated heterocycles. The van der Waals surface area contributed by atoms with Gasteiger partial charge >= 0.3 is 12.6 Å². The summed E-state index contributed by atoms with van der Waals surface area (Å²) in [5, 5.41) is 3.13. The number of nitrogens with one attached hydrogen (secondary N) is 1. The molecule has 1 spiro atoms. The molecule has 3 rings (SSSR count). The van der Waals surface area contributed by atoms with Gasteiger partial charge in [0.1, 0.15) is 5.75 Å². The molecule has 150 valence electrons. The van der Waals surface area contributed by atoms with Crippen molar-refractivity contribution in [1.82, 2.24) is 10.2 Å². The van der Waals surface area contributed by atoms with Crippen molar-refractivity contribution in [2.45, 2.75) is 69.7 Å². The molecule has 0 bridgehead atoms. The molecule has 0 radical (unpaired) electrons. The maximum absolute atomic E-state index is 12.5. The Morgan fingerprint density at radius 2 is 2.00 bits per heavy atom. The molecule has 1 unspecified atom stereocenters. The lowest BCUT2D eigenvalue weighted by molar-refractivity contribution is -0.108. The highest BCUT2D eigenvalue weighted by Crippen LogP contribution is 2.38. The Labute approximate surface area is 159 Å². The normalized spacial score (nSPS) is 21.9. The molecule has 2 fully saturated rings. The summed E-state index contributed by atoms with van der Waals surface area (Å²) in [5.41, 5.74) is 0.804. The predicted molar refractivity (Wildman–Crippen MR) is 97.9 cm³/mol. The zero-order chi connectivity index (χ0) is 19.3. The Morgan fingerprint density at radius 1 is 1.30 bits per heavy atom. The molecular formula is C20H28F2N2O3. The number of carbonyl (C=O) groups is 1. The lowest BCUT2D eigenvalue weighted by Gasteiger charge is -2.43. The molecular weight excluding hydrogens is 354 g/mol. The van der Waals surface area contributed by atoms with E-state index in [0.29, 0.717) is 13.2 Å². The van der Waals surface area contributed by atoms with Gasteiger partial charge in [-0.15, -0.1) is 0 Å². The average Bonchev–Trinajstić information content (AvgIpc) is 2.63. The molecule has 1 N–H and O–H groups in total. The number of ether oxygens (including phenoxy) is 2. The first-order valence-electron chi connectivity index (χ1n) is 9.65. The fourth-order valence-electron chi connectivity index (χ4n) is 4.10. The number of hydrogen-bond acceptors (Lipinski definition) is 3. The summed E-state index contributed by atoms with van der Waals surface area (Å²) in [7, 11) is 1.73. The maximum Gasteiger partial charge on any atom is 0.387 e. The number of urea groups is 1. The van der Waals surface area contributed by atoms with Crippen LogP contribution in [0.5, 0.6) is 5.75 Å². The second kappa shape index (κ2) is 8.87. The van der Waals surface area contributed by atoms with Crippen LogP contribution in [0.3, 0.4) is 0 Å². The van der Waals surface area contributed by atoms with E-state index >= 15 is 0 Å². The number of hydrogen-bond donors (Lipinski definition) is 1. The van der Waals surface area contributed by atoms with Crippen LogP contribution >= 0.6 is 0 Å². The van der Waals surface area contributed by atoms with Crippen LogP contribution in [0.15, 0.2) is 24.3 Å². The summed E-state index contributed by atoms with van der Waals surface area (Å²) in [6.45, 7) is -1.74. The Kier molecular flexibility index (Phi) is 6.52. The van der Waals surface area contributed by atoms with Gasteiger partial charge in [0.25, 0.3) is 0 Å². The highest BCUT2D eigenvalue weighted by molar-refractivity contribution is 5.74. The number of alkyl halides is 2. The molecule has 1 aromatic rings. The Bertz CT molecular complexity index is 613. The van der Waals surface area contributed by atoms with Gasteiger partial charge in [0, 0.05) is 26.2 Å². The van der Waals surface area contributed by atoms with E-state index in [0.717, 1.165) is 31.2 Å². The van der Waals surface area contributed by atoms with E-state index < -0.39 is 6.61 Å². The fraction of sp³-hybridized carbons (Fsp3) is 0.650. The standard InChI is InChI=1S/C20H28F2N2O3/c1-24(14-15-5-7-17(8-6-15)27-18(21)22)19(25)23-16-9-12-26-20(13-16)10-3-2-4-11-20/h5-8,16,18H,2-4,9-14H2,1H3,(H,23,25). The summed E-state index contributed by atoms with van der Waals surface area (Å²) in [6, 6.07) is 6.35. The third kappa shape index (κ3) is 5.54. The number of nitrogens with zero attached hydrogens (tertiary/aromatic N) is 1. The van der Waals surface area contributed by atoms with E-state index in [1.54, 1.807) is 24.1 Å². The first kappa shape index (κ1) is 19.9. The van der Waals surface area contributed by atoms with E-state index in [1.807, 2.05) is 0 Å². The van der Waals surface area contributed by atoms with Crippen molar-refractivity contribution in [3.8, 4) is 5.75 Å². The second-order valence-corrected chi connectivity index (χ2v) is 7.61. The zero-order valence-electron chi connectivity index (χ0n) is 15.8. The van der Waals surface area contributed by atoms with Gasteiger partial charge in [-0.3, -0.25) is 0 Å². The molecule has 27 heavy (non-hydrogen) atoms. The van der Waals surface area contributed by atoms with Gasteiger partial charge in [-0.05, 0) is 43.4 Å². The summed E-state index contributed by atoms with van der Waals surface area (Å²) >= 11 is 0. The van der Waals surface area contributed by atoms with E-state index in [9.17, 15) is 13.6 Å². The van der Waals surface area contributed by atoms with Crippen molar-refractivity contribution < 1.29 is 23.0 Å². The molecule has 1 aliphatic heterocycles. The summed E-state index contributed by atoms with van der Waals surface area (Å²) < 4.78 is 34.8. The van der Waals surface area contributed by atoms with Crippen LogP contribution in [0.2, 0.25) is 0 Å². The van der Waals surface area contributed by atoms with E-state index in [1.165, 1.54) is 31.4 Å². The molecule has 2 amide bonds. The zero-order valence-corrected chi connectivity index (χ0v) is 15.8. The molecule has 1 atom stereocenters. The number of benzene rings is 1. The monoisotopic (exact) mass is 382 g/mol. The van der Waals surface area contributed by atoms with Gasteiger partial charge in [-0.1, -0.05) is 31.4 Å². The number of halogens is 2. The van der Waals surface area contributed by atoms with Crippen molar-refractivity contribution in [1.29, 1.82) is 0 Å². The van der Waals surface area contributed by atoms with Crippen molar-refractivity contribution in [3.63, 3.8) is 0 Å². The quantitative estimate of drug-likeness (QED) is 0.826. The highest BCUT2D eigenvalue weighted by atomic mass is 19.3. The van der Waals surface area contributed by atoms with Gasteiger partial charge in [-0.25, -0.2) is 4.79 Å². The molecule has 1 heterocycles. The first-order valence-corrected chi connectivity index (χ1v) is 9.65. The molecule has 0 aromatic heterocycles. The highest BCUT2D eigenvalue weighted by Gasteiger charge is 2.39. The van der Waals surface area contributed by atoms with Crippen molar-refractivity contribution >= 4 is 6.03 Å². The Balaban J connectivity index is 1.50. The fourth-order valence-corrected chi connectivity index (χ4v) is 4.10. The second-order valence-electron chi connectivity index (χ2n) is 7.61. The topological polar surface area (TPSA) is 50.8 Å². The van der Waals surface area contributed by atoms with Crippen LogP contribution in [-0.4, -0.2) is 42.8 Å². The van der Waals surface area contributed by atoms with Gasteiger partial charge in [0.2, 0.25) is 0 Å². The molecule has 5 nitrogen and oxygen atoms in total. The van der Waals surface area contributed by atoms with Crippen molar-refractivity contribution in [2.24, 2.45) is 0 Å². The van der Waals surface area contributed by atoms with E-state index in [-0.39, 0.29) is 23.4 Å². The third-order valence-electron chi connectivity index (χ3n) is 5.50. The summed E-state index contributed by atoms with van der Waals surface area (Å²) in [4.78, 5) is 14.2. The summed E-state index contributed by atoms with van der Waals surface area (Å²) in [5.74, 6) is 0.112. The van der Waals surface area contributed by atoms with Crippen molar-refractivity contribution in [2.75, 3.05) is 13.7 Å². The van der Waals surface area contributed by atoms with Crippen LogP contribution in [0.25, 0.3) is 0 Å². The molecule has 1 saturated carbocycles. The van der Waals surface area contributed by atoms with Gasteiger partial charge in [0.05, 0.1) is 5.60 Å². The van der Waals surface area contributed by atoms with Gasteiger partial charge in [0.15, 0.2) is 0 Å². The molecule has 1 aromatic carbocycles. The minimum absolute atomic E-state index is 0.0481. The lowest BCUT2D eigenvalue weighted by atomic mass is 9.78. The van der Waals surface area contributed by atoms with Crippen LogP contribution < -0.4 is 10.1 Å². The minimum atomic E-state index is -2.84. The van der Waals surface area contributed by atoms with Gasteiger partial charge in [-0.2, -0.15) is 8.78 Å². The SMILES string of the molecule is CN(Cc1ccc(OC(F)F)cc1)C(=O)NC1CCOC2(CCCCC2)C1. The number of carbonyl (C=O) groups excluding carboxylic acids is 1. The first-order chi connectivity index (χ1) is 13.0. The van der Waals surface area contributed by atoms with Crippen LogP contribution in [0.4, 0.5) is 13.6 Å². The predicted octanol–water partition coefficient (Wildman–Crippen LogP) is 4.31. The maximum atomic E-state index is 12.5. The van der Waals surface area contributed by atoms with E-state index in [2.05, 4.69) is 10.1 Å². The molecule has 2 aliphatic rings. The lowest BCUT2D eigenvalue weighted by Crippen LogP contribution is -2.51. The average molecular weight is 382 g/mol. The Hall–Kier alpha value is -1.89. The van der Waals surface area contributed by atoms with Crippen LogP contribution in [0, 0.1) is 0 Å². The smallest absolute Gasteiger partial charge is 0.387 e.